The largest absolute Gasteiger partial charge is 0.366 e. The lowest BCUT2D eigenvalue weighted by molar-refractivity contribution is -0.128. The zero-order valence-corrected chi connectivity index (χ0v) is 12.0. The molecule has 106 valence electrons. The van der Waals surface area contributed by atoms with Crippen molar-refractivity contribution in [3.8, 4) is 0 Å². The van der Waals surface area contributed by atoms with Gasteiger partial charge in [0.2, 0.25) is 5.13 Å². The van der Waals surface area contributed by atoms with Gasteiger partial charge in [-0.1, -0.05) is 31.1 Å². The highest BCUT2D eigenvalue weighted by Crippen LogP contribution is 2.18. The molecule has 1 aliphatic rings. The molecule has 7 heteroatoms. The van der Waals surface area contributed by atoms with Gasteiger partial charge in [0.15, 0.2) is 0 Å². The highest BCUT2D eigenvalue weighted by molar-refractivity contribution is 7.15. The second-order valence-electron chi connectivity index (χ2n) is 4.51. The maximum atomic E-state index is 11.9. The first-order chi connectivity index (χ1) is 9.29. The third-order valence-corrected chi connectivity index (χ3v) is 3.81. The van der Waals surface area contributed by atoms with Crippen molar-refractivity contribution >= 4 is 22.4 Å². The quantitative estimate of drug-likeness (QED) is 0.768. The Morgan fingerprint density at radius 2 is 2.42 bits per heavy atom. The van der Waals surface area contributed by atoms with E-state index in [1.165, 1.54) is 24.2 Å². The van der Waals surface area contributed by atoms with Crippen molar-refractivity contribution in [3.63, 3.8) is 0 Å². The van der Waals surface area contributed by atoms with E-state index in [1.807, 2.05) is 0 Å². The summed E-state index contributed by atoms with van der Waals surface area (Å²) in [5.41, 5.74) is 0. The first-order valence-electron chi connectivity index (χ1n) is 6.75. The van der Waals surface area contributed by atoms with Crippen LogP contribution in [0.15, 0.2) is 0 Å². The lowest BCUT2D eigenvalue weighted by atomic mass is 10.2. The fraction of sp³-hybridized carbons (Fsp3) is 0.750. The van der Waals surface area contributed by atoms with Crippen molar-refractivity contribution in [1.29, 1.82) is 0 Å². The van der Waals surface area contributed by atoms with Crippen molar-refractivity contribution in [2.24, 2.45) is 0 Å². The molecule has 0 radical (unpaired) electrons. The number of nitrogens with one attached hydrogen (secondary N) is 2. The minimum absolute atomic E-state index is 0.150. The van der Waals surface area contributed by atoms with Crippen molar-refractivity contribution < 1.29 is 9.53 Å². The summed E-state index contributed by atoms with van der Waals surface area (Å²) in [5.74, 6) is -0.150. The molecule has 1 aromatic rings. The number of hydrogen-bond donors (Lipinski definition) is 2. The molecule has 0 saturated carbocycles. The van der Waals surface area contributed by atoms with Crippen LogP contribution in [-0.4, -0.2) is 41.9 Å². The second kappa shape index (κ2) is 7.52. The zero-order chi connectivity index (χ0) is 13.5. The van der Waals surface area contributed by atoms with Crippen LogP contribution >= 0.6 is 11.3 Å². The smallest absolute Gasteiger partial charge is 0.256 e. The van der Waals surface area contributed by atoms with E-state index in [0.717, 1.165) is 24.4 Å². The Labute approximate surface area is 116 Å². The van der Waals surface area contributed by atoms with Crippen molar-refractivity contribution in [3.05, 3.63) is 5.01 Å². The third kappa shape index (κ3) is 4.52. The summed E-state index contributed by atoms with van der Waals surface area (Å²) < 4.78 is 5.38. The number of morpholine rings is 1. The normalized spacial score (nSPS) is 19.3. The number of aromatic nitrogens is 2. The number of carbonyl (C=O) groups is 1. The summed E-state index contributed by atoms with van der Waals surface area (Å²) in [6, 6.07) is 0. The second-order valence-corrected chi connectivity index (χ2v) is 5.57. The molecular formula is C12H20N4O2S. The van der Waals surface area contributed by atoms with Crippen molar-refractivity contribution in [1.82, 2.24) is 15.5 Å². The Morgan fingerprint density at radius 3 is 3.16 bits per heavy atom. The molecule has 1 amide bonds. The van der Waals surface area contributed by atoms with Crippen LogP contribution in [0.5, 0.6) is 0 Å². The maximum Gasteiger partial charge on any atom is 0.256 e. The number of rotatable bonds is 6. The molecule has 1 unspecified atom stereocenters. The molecule has 1 aromatic heterocycles. The van der Waals surface area contributed by atoms with Gasteiger partial charge in [-0.2, -0.15) is 0 Å². The molecule has 1 fully saturated rings. The monoisotopic (exact) mass is 284 g/mol. The first-order valence-corrected chi connectivity index (χ1v) is 7.57. The zero-order valence-electron chi connectivity index (χ0n) is 11.1. The van der Waals surface area contributed by atoms with Crippen LogP contribution in [0, 0.1) is 0 Å². The molecule has 2 N–H and O–H groups in total. The fourth-order valence-corrected chi connectivity index (χ4v) is 2.64. The van der Waals surface area contributed by atoms with Crippen LogP contribution in [0.4, 0.5) is 5.13 Å². The number of aryl methyl sites for hydroxylation is 1. The van der Waals surface area contributed by atoms with Crippen LogP contribution in [0.25, 0.3) is 0 Å². The molecule has 19 heavy (non-hydrogen) atoms. The van der Waals surface area contributed by atoms with Gasteiger partial charge in [0, 0.05) is 19.5 Å². The Hall–Kier alpha value is -1.05. The molecule has 1 saturated heterocycles. The number of unbranched alkanes of at least 4 members (excludes halogenated alkanes) is 2. The average Bonchev–Trinajstić information content (AvgIpc) is 2.88. The van der Waals surface area contributed by atoms with Gasteiger partial charge in [-0.05, 0) is 6.42 Å². The average molecular weight is 284 g/mol. The van der Waals surface area contributed by atoms with E-state index in [1.54, 1.807) is 0 Å². The summed E-state index contributed by atoms with van der Waals surface area (Å²) >= 11 is 1.45. The van der Waals surface area contributed by atoms with E-state index in [9.17, 15) is 4.79 Å². The Morgan fingerprint density at radius 1 is 1.53 bits per heavy atom. The van der Waals surface area contributed by atoms with Gasteiger partial charge in [-0.3, -0.25) is 10.1 Å². The van der Waals surface area contributed by atoms with Crippen LogP contribution in [0.2, 0.25) is 0 Å². The fourth-order valence-electron chi connectivity index (χ4n) is 1.85. The van der Waals surface area contributed by atoms with Crippen LogP contribution < -0.4 is 10.6 Å². The lowest BCUT2D eigenvalue weighted by Gasteiger charge is -2.21. The van der Waals surface area contributed by atoms with Gasteiger partial charge >= 0.3 is 0 Å². The predicted molar refractivity (Wildman–Crippen MR) is 74.4 cm³/mol. The van der Waals surface area contributed by atoms with Crippen LogP contribution in [-0.2, 0) is 16.0 Å². The molecule has 2 heterocycles. The number of carbonyl (C=O) groups excluding carboxylic acids is 1. The molecule has 6 nitrogen and oxygen atoms in total. The molecule has 0 aromatic carbocycles. The number of anilines is 1. The highest BCUT2D eigenvalue weighted by atomic mass is 32.1. The Kier molecular flexibility index (Phi) is 5.68. The van der Waals surface area contributed by atoms with E-state index in [-0.39, 0.29) is 5.91 Å². The van der Waals surface area contributed by atoms with Gasteiger partial charge in [0.1, 0.15) is 11.1 Å². The molecule has 0 bridgehead atoms. The number of ether oxygens (including phenoxy) is 1. The summed E-state index contributed by atoms with van der Waals surface area (Å²) in [4.78, 5) is 11.9. The number of hydrogen-bond acceptors (Lipinski definition) is 6. The lowest BCUT2D eigenvalue weighted by Crippen LogP contribution is -2.45. The molecule has 1 atom stereocenters. The molecule has 0 aliphatic carbocycles. The summed E-state index contributed by atoms with van der Waals surface area (Å²) in [5, 5.41) is 15.5. The summed E-state index contributed by atoms with van der Waals surface area (Å²) in [6.45, 7) is 4.08. The Balaban J connectivity index is 1.80. The van der Waals surface area contributed by atoms with E-state index < -0.39 is 6.10 Å². The van der Waals surface area contributed by atoms with Gasteiger partial charge in [-0.15, -0.1) is 10.2 Å². The summed E-state index contributed by atoms with van der Waals surface area (Å²) in [7, 11) is 0. The minimum Gasteiger partial charge on any atom is -0.366 e. The Bertz CT molecular complexity index is 404. The molecule has 0 spiro atoms. The van der Waals surface area contributed by atoms with Gasteiger partial charge in [-0.25, -0.2) is 0 Å². The van der Waals surface area contributed by atoms with Gasteiger partial charge < -0.3 is 10.1 Å². The minimum atomic E-state index is -0.429. The van der Waals surface area contributed by atoms with Crippen LogP contribution in [0.3, 0.4) is 0 Å². The van der Waals surface area contributed by atoms with E-state index in [2.05, 4.69) is 27.8 Å². The first kappa shape index (κ1) is 14.4. The third-order valence-electron chi connectivity index (χ3n) is 2.91. The topological polar surface area (TPSA) is 76.1 Å². The van der Waals surface area contributed by atoms with E-state index in [0.29, 0.717) is 18.3 Å². The summed E-state index contributed by atoms with van der Waals surface area (Å²) in [6.07, 6.45) is 4.01. The SMILES string of the molecule is CCCCCc1nnc(NC(=O)C2CNCCO2)s1. The van der Waals surface area contributed by atoms with Gasteiger partial charge in [0.05, 0.1) is 6.61 Å². The highest BCUT2D eigenvalue weighted by Gasteiger charge is 2.22. The molecule has 1 aliphatic heterocycles. The maximum absolute atomic E-state index is 11.9. The molecule has 2 rings (SSSR count). The predicted octanol–water partition coefficient (Wildman–Crippen LogP) is 1.20. The van der Waals surface area contributed by atoms with Gasteiger partial charge in [0.25, 0.3) is 5.91 Å². The van der Waals surface area contributed by atoms with E-state index in [4.69, 9.17) is 4.74 Å². The van der Waals surface area contributed by atoms with Crippen molar-refractivity contribution in [2.45, 2.75) is 38.7 Å². The van der Waals surface area contributed by atoms with Crippen LogP contribution in [0.1, 0.15) is 31.2 Å². The number of amides is 1. The van der Waals surface area contributed by atoms with E-state index >= 15 is 0 Å². The molecular weight excluding hydrogens is 264 g/mol. The number of nitrogens with zero attached hydrogens (tertiary/aromatic N) is 2. The van der Waals surface area contributed by atoms with Crippen molar-refractivity contribution in [2.75, 3.05) is 25.0 Å². The standard InChI is InChI=1S/C12H20N4O2S/c1-2-3-4-5-10-15-16-12(19-10)14-11(17)9-8-13-6-7-18-9/h9,13H,2-8H2,1H3,(H,14,16,17).